The molecule has 1 heterocycles. The van der Waals surface area contributed by atoms with Crippen LogP contribution in [0.3, 0.4) is 0 Å². The Kier molecular flexibility index (Phi) is 4.45. The lowest BCUT2D eigenvalue weighted by Gasteiger charge is -2.33. The third-order valence-corrected chi connectivity index (χ3v) is 4.67. The lowest BCUT2D eigenvalue weighted by molar-refractivity contribution is 0.0965. The third-order valence-electron chi connectivity index (χ3n) is 4.67. The first-order valence-corrected chi connectivity index (χ1v) is 7.27. The highest BCUT2D eigenvalue weighted by Gasteiger charge is 2.34. The molecular weight excluding hydrogens is 210 g/mol. The van der Waals surface area contributed by atoms with Gasteiger partial charge in [-0.15, -0.1) is 0 Å². The molecule has 96 valence electrons. The predicted octanol–water partition coefficient (Wildman–Crippen LogP) is 4.06. The van der Waals surface area contributed by atoms with Gasteiger partial charge in [0.15, 0.2) is 0 Å². The summed E-state index contributed by atoms with van der Waals surface area (Å²) < 4.78 is 5.64. The van der Waals surface area contributed by atoms with Crippen molar-refractivity contribution in [2.24, 2.45) is 11.3 Å². The van der Waals surface area contributed by atoms with E-state index in [1.54, 1.807) is 0 Å². The van der Waals surface area contributed by atoms with E-state index in [1.165, 1.54) is 38.5 Å². The van der Waals surface area contributed by atoms with Gasteiger partial charge in [0, 0.05) is 6.61 Å². The first-order chi connectivity index (χ1) is 8.24. The van der Waals surface area contributed by atoms with E-state index in [2.05, 4.69) is 13.0 Å². The number of rotatable bonds is 4. The molecule has 0 radical (unpaired) electrons. The van der Waals surface area contributed by atoms with Gasteiger partial charge in [-0.2, -0.15) is 5.26 Å². The van der Waals surface area contributed by atoms with Gasteiger partial charge in [0.05, 0.1) is 17.6 Å². The summed E-state index contributed by atoms with van der Waals surface area (Å²) in [6.07, 6.45) is 11.1. The second kappa shape index (κ2) is 5.87. The summed E-state index contributed by atoms with van der Waals surface area (Å²) >= 11 is 0. The zero-order chi connectivity index (χ0) is 12.1. The molecule has 0 amide bonds. The Balaban J connectivity index is 1.73. The molecular formula is C15H25NO. The standard InChI is InChI=1S/C15H25NO/c1-13-6-9-15(12-16,10-7-13)8-2-4-14-5-3-11-17-14/h13-14H,2-11H2,1H3. The molecule has 2 rings (SSSR count). The second-order valence-electron chi connectivity index (χ2n) is 6.10. The minimum atomic E-state index is 0.00507. The molecule has 2 aliphatic rings. The minimum absolute atomic E-state index is 0.00507. The monoisotopic (exact) mass is 235 g/mol. The highest BCUT2D eigenvalue weighted by Crippen LogP contribution is 2.42. The maximum absolute atomic E-state index is 9.44. The molecule has 0 spiro atoms. The summed E-state index contributed by atoms with van der Waals surface area (Å²) in [4.78, 5) is 0. The summed E-state index contributed by atoms with van der Waals surface area (Å²) in [5.74, 6) is 0.828. The summed E-state index contributed by atoms with van der Waals surface area (Å²) in [7, 11) is 0. The van der Waals surface area contributed by atoms with Crippen LogP contribution >= 0.6 is 0 Å². The first-order valence-electron chi connectivity index (χ1n) is 7.27. The minimum Gasteiger partial charge on any atom is -0.378 e. The maximum Gasteiger partial charge on any atom is 0.0689 e. The van der Waals surface area contributed by atoms with E-state index >= 15 is 0 Å². The zero-order valence-electron chi connectivity index (χ0n) is 11.1. The molecule has 0 N–H and O–H groups in total. The van der Waals surface area contributed by atoms with Crippen molar-refractivity contribution < 1.29 is 4.74 Å². The molecule has 1 saturated carbocycles. The van der Waals surface area contributed by atoms with Crippen molar-refractivity contribution in [2.75, 3.05) is 6.61 Å². The van der Waals surface area contributed by atoms with Crippen LogP contribution in [-0.4, -0.2) is 12.7 Å². The first kappa shape index (κ1) is 12.9. The number of hydrogen-bond acceptors (Lipinski definition) is 2. The molecule has 1 atom stereocenters. The lowest BCUT2D eigenvalue weighted by atomic mass is 9.69. The van der Waals surface area contributed by atoms with Crippen molar-refractivity contribution in [1.29, 1.82) is 5.26 Å². The van der Waals surface area contributed by atoms with Crippen molar-refractivity contribution in [1.82, 2.24) is 0 Å². The number of nitriles is 1. The van der Waals surface area contributed by atoms with E-state index in [9.17, 15) is 5.26 Å². The summed E-state index contributed by atoms with van der Waals surface area (Å²) in [5, 5.41) is 9.44. The summed E-state index contributed by atoms with van der Waals surface area (Å²) in [6, 6.07) is 2.62. The Hall–Kier alpha value is -0.550. The van der Waals surface area contributed by atoms with Gasteiger partial charge in [0.1, 0.15) is 0 Å². The zero-order valence-corrected chi connectivity index (χ0v) is 11.1. The van der Waals surface area contributed by atoms with Crippen molar-refractivity contribution in [3.8, 4) is 6.07 Å². The molecule has 0 aromatic rings. The van der Waals surface area contributed by atoms with Crippen LogP contribution in [0.2, 0.25) is 0 Å². The van der Waals surface area contributed by atoms with Crippen LogP contribution in [0.15, 0.2) is 0 Å². The Morgan fingerprint density at radius 3 is 2.65 bits per heavy atom. The largest absolute Gasteiger partial charge is 0.378 e. The highest BCUT2D eigenvalue weighted by atomic mass is 16.5. The maximum atomic E-state index is 9.44. The van der Waals surface area contributed by atoms with Gasteiger partial charge in [-0.1, -0.05) is 6.92 Å². The topological polar surface area (TPSA) is 33.0 Å². The average Bonchev–Trinajstić information content (AvgIpc) is 2.85. The summed E-state index contributed by atoms with van der Waals surface area (Å²) in [6.45, 7) is 3.26. The van der Waals surface area contributed by atoms with Crippen molar-refractivity contribution in [3.05, 3.63) is 0 Å². The molecule has 1 aliphatic carbocycles. The molecule has 2 nitrogen and oxygen atoms in total. The van der Waals surface area contributed by atoms with Crippen molar-refractivity contribution in [2.45, 2.75) is 70.8 Å². The van der Waals surface area contributed by atoms with E-state index in [1.807, 2.05) is 0 Å². The van der Waals surface area contributed by atoms with Crippen molar-refractivity contribution >= 4 is 0 Å². The van der Waals surface area contributed by atoms with E-state index in [0.717, 1.165) is 31.8 Å². The highest BCUT2D eigenvalue weighted by molar-refractivity contribution is 5.01. The Bertz CT molecular complexity index is 267. The number of hydrogen-bond donors (Lipinski definition) is 0. The fraction of sp³-hybridized carbons (Fsp3) is 0.933. The smallest absolute Gasteiger partial charge is 0.0689 e. The van der Waals surface area contributed by atoms with E-state index in [4.69, 9.17) is 4.74 Å². The molecule has 2 fully saturated rings. The van der Waals surface area contributed by atoms with Gasteiger partial charge < -0.3 is 4.74 Å². The lowest BCUT2D eigenvalue weighted by Crippen LogP contribution is -2.25. The number of ether oxygens (including phenoxy) is 1. The van der Waals surface area contributed by atoms with Crippen LogP contribution in [0, 0.1) is 22.7 Å². The van der Waals surface area contributed by atoms with E-state index in [0.29, 0.717) is 6.10 Å². The van der Waals surface area contributed by atoms with Crippen LogP contribution in [0.25, 0.3) is 0 Å². The Morgan fingerprint density at radius 1 is 1.29 bits per heavy atom. The van der Waals surface area contributed by atoms with Crippen LogP contribution in [0.5, 0.6) is 0 Å². The van der Waals surface area contributed by atoms with Crippen LogP contribution in [0.1, 0.15) is 64.7 Å². The van der Waals surface area contributed by atoms with Crippen LogP contribution in [-0.2, 0) is 4.74 Å². The van der Waals surface area contributed by atoms with Crippen LogP contribution < -0.4 is 0 Å². The Morgan fingerprint density at radius 2 is 2.06 bits per heavy atom. The van der Waals surface area contributed by atoms with Gasteiger partial charge in [-0.25, -0.2) is 0 Å². The number of nitrogens with zero attached hydrogens (tertiary/aromatic N) is 1. The molecule has 1 saturated heterocycles. The second-order valence-corrected chi connectivity index (χ2v) is 6.10. The fourth-order valence-electron chi connectivity index (χ4n) is 3.27. The van der Waals surface area contributed by atoms with Gasteiger partial charge >= 0.3 is 0 Å². The molecule has 1 unspecified atom stereocenters. The van der Waals surface area contributed by atoms with E-state index < -0.39 is 0 Å². The summed E-state index contributed by atoms with van der Waals surface area (Å²) in [5.41, 5.74) is 0.00507. The van der Waals surface area contributed by atoms with Crippen molar-refractivity contribution in [3.63, 3.8) is 0 Å². The predicted molar refractivity (Wildman–Crippen MR) is 68.5 cm³/mol. The van der Waals surface area contributed by atoms with Gasteiger partial charge in [0.2, 0.25) is 0 Å². The average molecular weight is 235 g/mol. The normalized spacial score (nSPS) is 37.9. The molecule has 17 heavy (non-hydrogen) atoms. The third kappa shape index (κ3) is 3.45. The van der Waals surface area contributed by atoms with Gasteiger partial charge in [-0.05, 0) is 63.7 Å². The van der Waals surface area contributed by atoms with Crippen LogP contribution in [0.4, 0.5) is 0 Å². The molecule has 0 aromatic heterocycles. The van der Waals surface area contributed by atoms with Gasteiger partial charge in [-0.3, -0.25) is 0 Å². The SMILES string of the molecule is CC1CCC(C#N)(CCCC2CCCO2)CC1. The molecule has 2 heteroatoms. The Labute approximate surface area is 105 Å². The van der Waals surface area contributed by atoms with E-state index in [-0.39, 0.29) is 5.41 Å². The fourth-order valence-corrected chi connectivity index (χ4v) is 3.27. The molecule has 1 aliphatic heterocycles. The molecule has 0 aromatic carbocycles. The van der Waals surface area contributed by atoms with Gasteiger partial charge in [0.25, 0.3) is 0 Å². The quantitative estimate of drug-likeness (QED) is 0.736. The molecule has 0 bridgehead atoms.